The molecular weight excluding hydrogens is 447 g/mol. The lowest BCUT2D eigenvalue weighted by molar-refractivity contribution is -0.239. The fourth-order valence-electron chi connectivity index (χ4n) is 4.97. The Morgan fingerprint density at radius 2 is 1.21 bits per heavy atom. The maximum absolute atomic E-state index is 14.0. The molecule has 34 heavy (non-hydrogen) atoms. The van der Waals surface area contributed by atoms with Crippen LogP contribution in [0, 0.1) is 5.41 Å². The Labute approximate surface area is 212 Å². The number of ether oxygens (including phenoxy) is 2. The molecule has 0 amide bonds. The van der Waals surface area contributed by atoms with E-state index in [1.807, 2.05) is 9.34 Å². The maximum atomic E-state index is 14.0. The standard InChI is InChI=1S/C27H57N2O4P/c1-7-13-14-15-16-17-18-19-20-21-26-31-23-27(22-8-2,24-32-26)25-33-34(30,28(9-3)10-4)29(11-5)12-6/h26H,7-25H2,1-6H3. The Hall–Kier alpha value is 0.0300. The van der Waals surface area contributed by atoms with E-state index in [2.05, 4.69) is 41.5 Å². The molecule has 1 aliphatic rings. The second-order valence-corrected chi connectivity index (χ2v) is 12.3. The van der Waals surface area contributed by atoms with Gasteiger partial charge < -0.3 is 14.0 Å². The molecule has 0 bridgehead atoms. The van der Waals surface area contributed by atoms with Crippen LogP contribution in [-0.2, 0) is 18.6 Å². The molecule has 1 saturated heterocycles. The quantitative estimate of drug-likeness (QED) is 0.117. The number of rotatable bonds is 21. The van der Waals surface area contributed by atoms with Crippen LogP contribution in [0.2, 0.25) is 0 Å². The summed E-state index contributed by atoms with van der Waals surface area (Å²) in [5.41, 5.74) is -0.223. The zero-order valence-corrected chi connectivity index (χ0v) is 24.4. The van der Waals surface area contributed by atoms with Gasteiger partial charge in [0, 0.05) is 31.6 Å². The predicted octanol–water partition coefficient (Wildman–Crippen LogP) is 7.88. The third kappa shape index (κ3) is 10.6. The van der Waals surface area contributed by atoms with Crippen molar-refractivity contribution in [1.82, 2.24) is 9.34 Å². The van der Waals surface area contributed by atoms with Crippen molar-refractivity contribution in [2.24, 2.45) is 5.41 Å². The summed E-state index contributed by atoms with van der Waals surface area (Å²) in [5, 5.41) is 0. The van der Waals surface area contributed by atoms with Gasteiger partial charge in [-0.05, 0) is 19.3 Å². The second-order valence-electron chi connectivity index (χ2n) is 9.96. The fraction of sp³-hybridized carbons (Fsp3) is 1.00. The maximum Gasteiger partial charge on any atom is 0.346 e. The van der Waals surface area contributed by atoms with Crippen LogP contribution in [0.4, 0.5) is 0 Å². The van der Waals surface area contributed by atoms with E-state index in [1.165, 1.54) is 51.4 Å². The lowest BCUT2D eigenvalue weighted by Crippen LogP contribution is -2.45. The molecule has 1 fully saturated rings. The molecule has 0 saturated carbocycles. The van der Waals surface area contributed by atoms with Crippen LogP contribution in [0.5, 0.6) is 0 Å². The zero-order chi connectivity index (χ0) is 25.3. The second kappa shape index (κ2) is 18.3. The average Bonchev–Trinajstić information content (AvgIpc) is 2.84. The predicted molar refractivity (Wildman–Crippen MR) is 144 cm³/mol. The molecule has 6 nitrogen and oxygen atoms in total. The van der Waals surface area contributed by atoms with E-state index in [-0.39, 0.29) is 11.7 Å². The van der Waals surface area contributed by atoms with Crippen LogP contribution in [-0.4, -0.2) is 61.6 Å². The van der Waals surface area contributed by atoms with Crippen molar-refractivity contribution in [3.63, 3.8) is 0 Å². The Bertz CT molecular complexity index is 517. The summed E-state index contributed by atoms with van der Waals surface area (Å²) in [7, 11) is -3.07. The summed E-state index contributed by atoms with van der Waals surface area (Å²) in [4.78, 5) is 0. The minimum atomic E-state index is -3.07. The molecule has 0 N–H and O–H groups in total. The van der Waals surface area contributed by atoms with Crippen molar-refractivity contribution in [3.8, 4) is 0 Å². The van der Waals surface area contributed by atoms with Crippen molar-refractivity contribution in [2.45, 2.75) is 125 Å². The molecule has 0 aromatic carbocycles. The molecule has 0 aromatic rings. The molecule has 204 valence electrons. The van der Waals surface area contributed by atoms with Crippen molar-refractivity contribution in [1.29, 1.82) is 0 Å². The van der Waals surface area contributed by atoms with E-state index in [9.17, 15) is 4.57 Å². The van der Waals surface area contributed by atoms with Crippen molar-refractivity contribution >= 4 is 7.67 Å². The lowest BCUT2D eigenvalue weighted by Gasteiger charge is -2.43. The van der Waals surface area contributed by atoms with Gasteiger partial charge in [-0.1, -0.05) is 99.3 Å². The van der Waals surface area contributed by atoms with Crippen molar-refractivity contribution < 1.29 is 18.6 Å². The van der Waals surface area contributed by atoms with Crippen molar-refractivity contribution in [2.75, 3.05) is 46.0 Å². The van der Waals surface area contributed by atoms with Gasteiger partial charge in [-0.2, -0.15) is 0 Å². The summed E-state index contributed by atoms with van der Waals surface area (Å²) in [6.45, 7) is 17.1. The molecule has 1 rings (SSSR count). The molecule has 0 aliphatic carbocycles. The van der Waals surface area contributed by atoms with E-state index in [1.54, 1.807) is 0 Å². The summed E-state index contributed by atoms with van der Waals surface area (Å²) in [6.07, 6.45) is 14.8. The van der Waals surface area contributed by atoms with Crippen LogP contribution in [0.25, 0.3) is 0 Å². The summed E-state index contributed by atoms with van der Waals surface area (Å²) in [5.74, 6) is 0. The third-order valence-electron chi connectivity index (χ3n) is 7.19. The van der Waals surface area contributed by atoms with E-state index in [4.69, 9.17) is 14.0 Å². The van der Waals surface area contributed by atoms with E-state index < -0.39 is 7.67 Å². The van der Waals surface area contributed by atoms with Gasteiger partial charge in [0.2, 0.25) is 0 Å². The monoisotopic (exact) mass is 504 g/mol. The van der Waals surface area contributed by atoms with Crippen LogP contribution in [0.3, 0.4) is 0 Å². The molecule has 0 spiro atoms. The lowest BCUT2D eigenvalue weighted by atomic mass is 9.85. The number of hydrogen-bond acceptors (Lipinski definition) is 4. The summed E-state index contributed by atoms with van der Waals surface area (Å²) >= 11 is 0. The average molecular weight is 505 g/mol. The Balaban J connectivity index is 2.52. The molecular formula is C27H57N2O4P. The Kier molecular flexibility index (Phi) is 17.3. The first-order valence-corrected chi connectivity index (χ1v) is 16.0. The Morgan fingerprint density at radius 1 is 0.735 bits per heavy atom. The molecule has 0 unspecified atom stereocenters. The molecule has 0 atom stereocenters. The normalized spacial score (nSPS) is 21.6. The van der Waals surface area contributed by atoms with Crippen LogP contribution in [0.15, 0.2) is 0 Å². The molecule has 0 radical (unpaired) electrons. The number of nitrogens with zero attached hydrogens (tertiary/aromatic N) is 2. The van der Waals surface area contributed by atoms with Gasteiger partial charge in [0.15, 0.2) is 6.29 Å². The number of unbranched alkanes of at least 4 members (excludes halogenated alkanes) is 8. The first-order valence-electron chi connectivity index (χ1n) is 14.4. The third-order valence-corrected chi connectivity index (χ3v) is 10.2. The van der Waals surface area contributed by atoms with Gasteiger partial charge in [0.1, 0.15) is 0 Å². The molecule has 1 heterocycles. The molecule has 1 aliphatic heterocycles. The highest BCUT2D eigenvalue weighted by Crippen LogP contribution is 2.55. The minimum Gasteiger partial charge on any atom is -0.352 e. The first-order chi connectivity index (χ1) is 16.4. The number of hydrogen-bond donors (Lipinski definition) is 0. The van der Waals surface area contributed by atoms with Gasteiger partial charge in [0.25, 0.3) is 0 Å². The highest BCUT2D eigenvalue weighted by molar-refractivity contribution is 7.53. The summed E-state index contributed by atoms with van der Waals surface area (Å²) in [6, 6.07) is 0. The highest BCUT2D eigenvalue weighted by atomic mass is 31.2. The topological polar surface area (TPSA) is 51.2 Å². The van der Waals surface area contributed by atoms with Crippen LogP contribution in [0.1, 0.15) is 119 Å². The molecule has 7 heteroatoms. The minimum absolute atomic E-state index is 0.105. The Morgan fingerprint density at radius 3 is 1.65 bits per heavy atom. The van der Waals surface area contributed by atoms with E-state index in [0.29, 0.717) is 46.0 Å². The fourth-order valence-corrected chi connectivity index (χ4v) is 7.53. The largest absolute Gasteiger partial charge is 0.352 e. The first kappa shape index (κ1) is 32.1. The highest BCUT2D eigenvalue weighted by Gasteiger charge is 2.42. The SMILES string of the molecule is CCCCCCCCCCCC1OCC(CCC)(COP(=O)(N(CC)CC)N(CC)CC)CO1. The van der Waals surface area contributed by atoms with Gasteiger partial charge in [0.05, 0.1) is 19.8 Å². The van der Waals surface area contributed by atoms with Crippen LogP contribution >= 0.6 is 7.67 Å². The van der Waals surface area contributed by atoms with Gasteiger partial charge in [-0.25, -0.2) is 9.34 Å². The summed E-state index contributed by atoms with van der Waals surface area (Å²) < 4.78 is 36.7. The van der Waals surface area contributed by atoms with Gasteiger partial charge >= 0.3 is 7.67 Å². The smallest absolute Gasteiger partial charge is 0.346 e. The van der Waals surface area contributed by atoms with E-state index in [0.717, 1.165) is 25.7 Å². The van der Waals surface area contributed by atoms with Crippen molar-refractivity contribution in [3.05, 3.63) is 0 Å². The van der Waals surface area contributed by atoms with Gasteiger partial charge in [-0.3, -0.25) is 4.57 Å². The van der Waals surface area contributed by atoms with E-state index >= 15 is 0 Å². The van der Waals surface area contributed by atoms with Gasteiger partial charge in [-0.15, -0.1) is 0 Å². The zero-order valence-electron chi connectivity index (χ0n) is 23.5. The molecule has 0 aromatic heterocycles. The van der Waals surface area contributed by atoms with Crippen LogP contribution < -0.4 is 0 Å².